The highest BCUT2D eigenvalue weighted by atomic mass is 16.5. The molecular weight excluding hydrogens is 216 g/mol. The molecule has 0 aromatic carbocycles. The summed E-state index contributed by atoms with van der Waals surface area (Å²) >= 11 is 0. The van der Waals surface area contributed by atoms with Crippen molar-refractivity contribution < 1.29 is 9.53 Å². The molecule has 0 aliphatic heterocycles. The zero-order valence-corrected chi connectivity index (χ0v) is 10.3. The van der Waals surface area contributed by atoms with Gasteiger partial charge in [0.25, 0.3) is 0 Å². The summed E-state index contributed by atoms with van der Waals surface area (Å²) in [4.78, 5) is 12.0. The van der Waals surface area contributed by atoms with Crippen LogP contribution in [-0.2, 0) is 22.0 Å². The molecule has 0 N–H and O–H groups in total. The van der Waals surface area contributed by atoms with Gasteiger partial charge in [-0.25, -0.2) is 0 Å². The van der Waals surface area contributed by atoms with Crippen molar-refractivity contribution in [2.75, 3.05) is 6.61 Å². The van der Waals surface area contributed by atoms with Crippen molar-refractivity contribution in [1.82, 2.24) is 9.78 Å². The van der Waals surface area contributed by atoms with Gasteiger partial charge in [-0.2, -0.15) is 5.10 Å². The molecule has 3 saturated carbocycles. The van der Waals surface area contributed by atoms with Gasteiger partial charge >= 0.3 is 5.97 Å². The highest BCUT2D eigenvalue weighted by Crippen LogP contribution is 2.63. The van der Waals surface area contributed by atoms with Gasteiger partial charge < -0.3 is 4.74 Å². The topological polar surface area (TPSA) is 44.1 Å². The molecular formula is C13H18N2O2. The number of carbonyl (C=O) groups is 1. The van der Waals surface area contributed by atoms with E-state index in [1.54, 1.807) is 0 Å². The fourth-order valence-corrected chi connectivity index (χ4v) is 3.66. The van der Waals surface area contributed by atoms with Gasteiger partial charge in [0.2, 0.25) is 0 Å². The third kappa shape index (κ3) is 1.43. The minimum absolute atomic E-state index is 0.0173. The zero-order chi connectivity index (χ0) is 12.0. The molecule has 0 amide bonds. The molecule has 1 aromatic rings. The van der Waals surface area contributed by atoms with Crippen LogP contribution in [0.5, 0.6) is 0 Å². The predicted octanol–water partition coefficient (Wildman–Crippen LogP) is 1.65. The average molecular weight is 234 g/mol. The lowest BCUT2D eigenvalue weighted by Crippen LogP contribution is -2.40. The Morgan fingerprint density at radius 1 is 1.65 bits per heavy atom. The maximum absolute atomic E-state index is 12.0. The second-order valence-electron chi connectivity index (χ2n) is 5.37. The summed E-state index contributed by atoms with van der Waals surface area (Å²) in [5.74, 6) is 0.748. The molecule has 2 bridgehead atoms. The van der Waals surface area contributed by atoms with Crippen molar-refractivity contribution >= 4 is 5.97 Å². The third-order valence-corrected chi connectivity index (χ3v) is 4.39. The second kappa shape index (κ2) is 3.59. The number of ether oxygens (including phenoxy) is 1. The van der Waals surface area contributed by atoms with Crippen LogP contribution in [0.4, 0.5) is 0 Å². The molecule has 3 fully saturated rings. The summed E-state index contributed by atoms with van der Waals surface area (Å²) in [6.07, 6.45) is 7.21. The van der Waals surface area contributed by atoms with Crippen molar-refractivity contribution in [3.63, 3.8) is 0 Å². The fourth-order valence-electron chi connectivity index (χ4n) is 3.66. The molecule has 1 heterocycles. The Morgan fingerprint density at radius 3 is 3.00 bits per heavy atom. The number of hydrogen-bond donors (Lipinski definition) is 0. The number of esters is 1. The van der Waals surface area contributed by atoms with E-state index in [4.69, 9.17) is 4.74 Å². The number of hydrogen-bond acceptors (Lipinski definition) is 3. The minimum atomic E-state index is -0.0173. The lowest BCUT2D eigenvalue weighted by Gasteiger charge is -2.40. The molecule has 1 atom stereocenters. The van der Waals surface area contributed by atoms with Crippen molar-refractivity contribution in [3.8, 4) is 0 Å². The summed E-state index contributed by atoms with van der Waals surface area (Å²) in [6.45, 7) is 2.34. The van der Waals surface area contributed by atoms with E-state index in [0.29, 0.717) is 12.5 Å². The SMILES string of the molecule is CCOC(=O)C1CC2CC1(c1cnn(C)c1)C2. The molecule has 17 heavy (non-hydrogen) atoms. The van der Waals surface area contributed by atoms with Crippen LogP contribution in [0.3, 0.4) is 0 Å². The molecule has 3 aliphatic rings. The summed E-state index contributed by atoms with van der Waals surface area (Å²) in [7, 11) is 1.92. The van der Waals surface area contributed by atoms with Gasteiger partial charge in [0.1, 0.15) is 0 Å². The van der Waals surface area contributed by atoms with Crippen LogP contribution in [0.2, 0.25) is 0 Å². The molecule has 0 spiro atoms. The molecule has 0 radical (unpaired) electrons. The van der Waals surface area contributed by atoms with Crippen LogP contribution in [-0.4, -0.2) is 22.4 Å². The number of aryl methyl sites for hydroxylation is 1. The second-order valence-corrected chi connectivity index (χ2v) is 5.37. The number of carbonyl (C=O) groups excluding carboxylic acids is 1. The Hall–Kier alpha value is -1.32. The van der Waals surface area contributed by atoms with Crippen LogP contribution in [0.1, 0.15) is 31.7 Å². The van der Waals surface area contributed by atoms with Crippen LogP contribution >= 0.6 is 0 Å². The molecule has 4 rings (SSSR count). The van der Waals surface area contributed by atoms with Gasteiger partial charge in [0, 0.05) is 18.7 Å². The van der Waals surface area contributed by atoms with Crippen LogP contribution in [0.15, 0.2) is 12.4 Å². The van der Waals surface area contributed by atoms with E-state index in [2.05, 4.69) is 5.10 Å². The third-order valence-electron chi connectivity index (χ3n) is 4.39. The Bertz CT molecular complexity index is 446. The van der Waals surface area contributed by atoms with Crippen molar-refractivity contribution in [3.05, 3.63) is 18.0 Å². The monoisotopic (exact) mass is 234 g/mol. The molecule has 0 saturated heterocycles. The van der Waals surface area contributed by atoms with E-state index in [1.807, 2.05) is 31.0 Å². The lowest BCUT2D eigenvalue weighted by atomic mass is 9.63. The summed E-state index contributed by atoms with van der Waals surface area (Å²) < 4.78 is 7.03. The first-order chi connectivity index (χ1) is 8.15. The number of rotatable bonds is 3. The van der Waals surface area contributed by atoms with E-state index in [0.717, 1.165) is 19.3 Å². The van der Waals surface area contributed by atoms with E-state index >= 15 is 0 Å². The van der Waals surface area contributed by atoms with Crippen LogP contribution < -0.4 is 0 Å². The molecule has 4 nitrogen and oxygen atoms in total. The number of aromatic nitrogens is 2. The summed E-state index contributed by atoms with van der Waals surface area (Å²) in [6, 6.07) is 0. The maximum Gasteiger partial charge on any atom is 0.309 e. The normalized spacial score (nSPS) is 34.5. The van der Waals surface area contributed by atoms with E-state index < -0.39 is 0 Å². The van der Waals surface area contributed by atoms with Crippen molar-refractivity contribution in [2.24, 2.45) is 18.9 Å². The van der Waals surface area contributed by atoms with E-state index in [9.17, 15) is 4.79 Å². The number of nitrogens with zero attached hydrogens (tertiary/aromatic N) is 2. The Balaban J connectivity index is 1.89. The quantitative estimate of drug-likeness (QED) is 0.747. The first kappa shape index (κ1) is 10.8. The van der Waals surface area contributed by atoms with E-state index in [-0.39, 0.29) is 17.3 Å². The van der Waals surface area contributed by atoms with Gasteiger partial charge in [-0.3, -0.25) is 9.48 Å². The van der Waals surface area contributed by atoms with Gasteiger partial charge in [0.05, 0.1) is 18.7 Å². The molecule has 4 heteroatoms. The number of fused-ring (bicyclic) bond motifs is 1. The molecule has 1 aromatic heterocycles. The maximum atomic E-state index is 12.0. The minimum Gasteiger partial charge on any atom is -0.466 e. The highest BCUT2D eigenvalue weighted by Gasteiger charge is 2.61. The van der Waals surface area contributed by atoms with Crippen molar-refractivity contribution in [2.45, 2.75) is 31.6 Å². The lowest BCUT2D eigenvalue weighted by molar-refractivity contribution is -0.149. The average Bonchev–Trinajstić information content (AvgIpc) is 2.87. The predicted molar refractivity (Wildman–Crippen MR) is 62.4 cm³/mol. The van der Waals surface area contributed by atoms with Gasteiger partial charge in [-0.05, 0) is 37.7 Å². The van der Waals surface area contributed by atoms with Crippen molar-refractivity contribution in [1.29, 1.82) is 0 Å². The highest BCUT2D eigenvalue weighted by molar-refractivity contribution is 5.76. The summed E-state index contributed by atoms with van der Waals surface area (Å²) in [5.41, 5.74) is 1.25. The Kier molecular flexibility index (Phi) is 2.28. The van der Waals surface area contributed by atoms with Crippen LogP contribution in [0, 0.1) is 11.8 Å². The van der Waals surface area contributed by atoms with Gasteiger partial charge in [-0.1, -0.05) is 0 Å². The molecule has 3 aliphatic carbocycles. The first-order valence-corrected chi connectivity index (χ1v) is 6.31. The fraction of sp³-hybridized carbons (Fsp3) is 0.692. The zero-order valence-electron chi connectivity index (χ0n) is 10.3. The smallest absolute Gasteiger partial charge is 0.309 e. The van der Waals surface area contributed by atoms with Gasteiger partial charge in [-0.15, -0.1) is 0 Å². The molecule has 92 valence electrons. The van der Waals surface area contributed by atoms with Crippen LogP contribution in [0.25, 0.3) is 0 Å². The summed E-state index contributed by atoms with van der Waals surface area (Å²) in [5, 5.41) is 4.24. The van der Waals surface area contributed by atoms with Gasteiger partial charge in [0.15, 0.2) is 0 Å². The Labute approximate surface area is 101 Å². The van der Waals surface area contributed by atoms with E-state index in [1.165, 1.54) is 5.56 Å². The molecule has 1 unspecified atom stereocenters. The standard InChI is InChI=1S/C13H18N2O2/c1-3-17-12(16)11-4-9-5-13(11,6-9)10-7-14-15(2)8-10/h7-9,11H,3-6H2,1-2H3. The first-order valence-electron chi connectivity index (χ1n) is 6.31. The Morgan fingerprint density at radius 2 is 2.41 bits per heavy atom. The largest absolute Gasteiger partial charge is 0.466 e.